The average Bonchev–Trinajstić information content (AvgIpc) is 3.52. The molecular formula is C27H26N6O. The summed E-state index contributed by atoms with van der Waals surface area (Å²) in [5.41, 5.74) is 9.21. The fraction of sp³-hybridized carbons (Fsp3) is 0.259. The van der Waals surface area contributed by atoms with Crippen molar-refractivity contribution in [1.82, 2.24) is 25.5 Å². The Morgan fingerprint density at radius 3 is 2.53 bits per heavy atom. The lowest BCUT2D eigenvalue weighted by Crippen LogP contribution is -2.16. The van der Waals surface area contributed by atoms with Gasteiger partial charge in [-0.05, 0) is 80.1 Å². The van der Waals surface area contributed by atoms with E-state index in [2.05, 4.69) is 68.1 Å². The fourth-order valence-corrected chi connectivity index (χ4v) is 4.65. The molecule has 0 radical (unpaired) electrons. The molecule has 6 rings (SSSR count). The van der Waals surface area contributed by atoms with E-state index in [9.17, 15) is 4.79 Å². The quantitative estimate of drug-likeness (QED) is 0.369. The number of anilines is 2. The Morgan fingerprint density at radius 1 is 0.971 bits per heavy atom. The van der Waals surface area contributed by atoms with Gasteiger partial charge in [-0.15, -0.1) is 5.10 Å². The Balaban J connectivity index is 1.23. The highest BCUT2D eigenvalue weighted by Gasteiger charge is 2.27. The van der Waals surface area contributed by atoms with Gasteiger partial charge in [0.1, 0.15) is 0 Å². The third-order valence-corrected chi connectivity index (χ3v) is 6.78. The molecule has 1 atom stereocenters. The number of H-pyrrole nitrogens is 1. The first-order valence-electron chi connectivity index (χ1n) is 11.7. The van der Waals surface area contributed by atoms with Crippen LogP contribution in [-0.2, 0) is 0 Å². The van der Waals surface area contributed by atoms with Crippen molar-refractivity contribution < 1.29 is 4.79 Å². The molecule has 1 fully saturated rings. The van der Waals surface area contributed by atoms with Crippen molar-refractivity contribution in [3.05, 3.63) is 76.6 Å². The average molecular weight is 451 g/mol. The van der Waals surface area contributed by atoms with Crippen LogP contribution in [0, 0.1) is 13.8 Å². The van der Waals surface area contributed by atoms with Crippen molar-refractivity contribution >= 4 is 17.5 Å². The topological polar surface area (TPSA) is 95.6 Å². The highest BCUT2D eigenvalue weighted by molar-refractivity contribution is 6.00. The molecular weight excluding hydrogens is 424 g/mol. The summed E-state index contributed by atoms with van der Waals surface area (Å²) < 4.78 is 0. The second kappa shape index (κ2) is 7.80. The number of amides is 1. The molecule has 4 aromatic rings. The number of hydrogen-bond donors (Lipinski definition) is 3. The Hall–Kier alpha value is -4.00. The van der Waals surface area contributed by atoms with Gasteiger partial charge >= 0.3 is 0 Å². The number of carbonyl (C=O) groups is 1. The van der Waals surface area contributed by atoms with Gasteiger partial charge in [0.05, 0.1) is 6.04 Å². The van der Waals surface area contributed by atoms with Crippen LogP contribution >= 0.6 is 0 Å². The fourth-order valence-electron chi connectivity index (χ4n) is 4.65. The highest BCUT2D eigenvalue weighted by Crippen LogP contribution is 2.39. The van der Waals surface area contributed by atoms with Crippen molar-refractivity contribution in [1.29, 1.82) is 0 Å². The summed E-state index contributed by atoms with van der Waals surface area (Å²) in [7, 11) is 0. The second-order valence-electron chi connectivity index (χ2n) is 9.36. The third kappa shape index (κ3) is 3.63. The lowest BCUT2D eigenvalue weighted by molar-refractivity contribution is 0.0958. The Bertz CT molecular complexity index is 1420. The number of pyridine rings is 1. The maximum absolute atomic E-state index is 12.1. The zero-order valence-corrected chi connectivity index (χ0v) is 19.4. The van der Waals surface area contributed by atoms with E-state index in [1.165, 1.54) is 24.1 Å². The van der Waals surface area contributed by atoms with Crippen molar-refractivity contribution in [2.45, 2.75) is 45.6 Å². The van der Waals surface area contributed by atoms with E-state index in [1.54, 1.807) is 0 Å². The first-order chi connectivity index (χ1) is 16.5. The second-order valence-corrected chi connectivity index (χ2v) is 9.36. The summed E-state index contributed by atoms with van der Waals surface area (Å²) in [5.74, 6) is 1.83. The van der Waals surface area contributed by atoms with E-state index in [0.29, 0.717) is 17.7 Å². The Morgan fingerprint density at radius 2 is 1.79 bits per heavy atom. The normalized spacial score (nSPS) is 16.9. The van der Waals surface area contributed by atoms with Gasteiger partial charge in [-0.3, -0.25) is 14.9 Å². The Labute approximate surface area is 198 Å². The number of aromatic nitrogens is 4. The van der Waals surface area contributed by atoms with Gasteiger partial charge in [0, 0.05) is 40.2 Å². The van der Waals surface area contributed by atoms with Crippen molar-refractivity contribution in [3.63, 3.8) is 0 Å². The van der Waals surface area contributed by atoms with Crippen LogP contribution < -0.4 is 10.6 Å². The summed E-state index contributed by atoms with van der Waals surface area (Å²) in [6.45, 7) is 6.06. The van der Waals surface area contributed by atoms with E-state index in [-0.39, 0.29) is 11.9 Å². The maximum Gasteiger partial charge on any atom is 0.252 e. The number of rotatable bonds is 5. The molecule has 34 heavy (non-hydrogen) atoms. The number of nitrogens with one attached hydrogen (secondary N) is 3. The van der Waals surface area contributed by atoms with Crippen LogP contribution in [0.25, 0.3) is 22.5 Å². The van der Waals surface area contributed by atoms with Crippen molar-refractivity contribution in [3.8, 4) is 22.5 Å². The number of aromatic amines is 1. The number of fused-ring (bicyclic) bond motifs is 1. The number of nitrogens with zero attached hydrogens (tertiary/aromatic N) is 3. The van der Waals surface area contributed by atoms with Gasteiger partial charge in [0.15, 0.2) is 5.82 Å². The number of carbonyl (C=O) groups excluding carboxylic acids is 1. The van der Waals surface area contributed by atoms with Crippen LogP contribution in [0.4, 0.5) is 11.6 Å². The van der Waals surface area contributed by atoms with Crippen LogP contribution in [0.1, 0.15) is 64.5 Å². The molecule has 1 amide bonds. The molecule has 1 aliphatic heterocycles. The minimum Gasteiger partial charge on any atom is -0.345 e. The van der Waals surface area contributed by atoms with Gasteiger partial charge < -0.3 is 10.6 Å². The maximum atomic E-state index is 12.1. The van der Waals surface area contributed by atoms with Crippen LogP contribution in [0.15, 0.2) is 48.7 Å². The zero-order valence-electron chi connectivity index (χ0n) is 19.4. The van der Waals surface area contributed by atoms with Crippen LogP contribution in [0.3, 0.4) is 0 Å². The number of hydrogen-bond acceptors (Lipinski definition) is 5. The van der Waals surface area contributed by atoms with Crippen molar-refractivity contribution in [2.24, 2.45) is 0 Å². The minimum absolute atomic E-state index is 0.00652. The summed E-state index contributed by atoms with van der Waals surface area (Å²) in [5, 5.41) is 13.6. The number of aryl methyl sites for hydroxylation is 2. The molecule has 1 aliphatic carbocycles. The smallest absolute Gasteiger partial charge is 0.252 e. The van der Waals surface area contributed by atoms with Crippen LogP contribution in [0.5, 0.6) is 0 Å². The lowest BCUT2D eigenvalue weighted by Gasteiger charge is -2.10. The van der Waals surface area contributed by atoms with E-state index < -0.39 is 0 Å². The molecule has 0 saturated heterocycles. The van der Waals surface area contributed by atoms with Gasteiger partial charge in [-0.25, -0.2) is 0 Å². The predicted octanol–water partition coefficient (Wildman–Crippen LogP) is 5.58. The first-order valence-corrected chi connectivity index (χ1v) is 11.7. The zero-order chi connectivity index (χ0) is 23.4. The molecule has 2 aliphatic rings. The first kappa shape index (κ1) is 20.6. The van der Waals surface area contributed by atoms with Gasteiger partial charge in [-0.2, -0.15) is 4.98 Å². The SMILES string of the molecule is Cc1cc2c(cc1Nc1n[nH]c(-c3ccc(-c4ccc(C5CC5)nc4)c(C)c3)n1)C(C)NC2=O. The molecule has 2 aromatic carbocycles. The molecule has 7 nitrogen and oxygen atoms in total. The summed E-state index contributed by atoms with van der Waals surface area (Å²) in [6, 6.07) is 14.5. The van der Waals surface area contributed by atoms with Gasteiger partial charge in [-0.1, -0.05) is 18.2 Å². The van der Waals surface area contributed by atoms with Crippen LogP contribution in [0.2, 0.25) is 0 Å². The third-order valence-electron chi connectivity index (χ3n) is 6.78. The molecule has 0 bridgehead atoms. The van der Waals surface area contributed by atoms with Crippen molar-refractivity contribution in [2.75, 3.05) is 5.32 Å². The molecule has 3 N–H and O–H groups in total. The minimum atomic E-state index is -0.0224. The summed E-state index contributed by atoms with van der Waals surface area (Å²) >= 11 is 0. The van der Waals surface area contributed by atoms with E-state index in [0.717, 1.165) is 39.1 Å². The van der Waals surface area contributed by atoms with Gasteiger partial charge in [0.2, 0.25) is 5.95 Å². The lowest BCUT2D eigenvalue weighted by atomic mass is 9.99. The van der Waals surface area contributed by atoms with E-state index in [4.69, 9.17) is 0 Å². The standard InChI is InChI=1S/C27H26N6O/c1-14-10-18(6-8-20(14)19-7-9-23(28-13-19)17-4-5-17)25-31-27(33-32-25)30-24-12-21-16(3)29-26(34)22(21)11-15(24)2/h6-13,16-17H,4-5H2,1-3H3,(H,29,34)(H2,30,31,32,33). The molecule has 1 saturated carbocycles. The van der Waals surface area contributed by atoms with Crippen LogP contribution in [-0.4, -0.2) is 26.1 Å². The monoisotopic (exact) mass is 450 g/mol. The molecule has 170 valence electrons. The van der Waals surface area contributed by atoms with E-state index in [1.807, 2.05) is 32.2 Å². The Kier molecular flexibility index (Phi) is 4.72. The molecule has 0 spiro atoms. The predicted molar refractivity (Wildman–Crippen MR) is 132 cm³/mol. The summed E-state index contributed by atoms with van der Waals surface area (Å²) in [4.78, 5) is 21.4. The molecule has 7 heteroatoms. The van der Waals surface area contributed by atoms with E-state index >= 15 is 0 Å². The summed E-state index contributed by atoms with van der Waals surface area (Å²) in [6.07, 6.45) is 4.50. The molecule has 2 aromatic heterocycles. The number of benzene rings is 2. The largest absolute Gasteiger partial charge is 0.345 e. The molecule has 1 unspecified atom stereocenters. The highest BCUT2D eigenvalue weighted by atomic mass is 16.2. The molecule has 3 heterocycles. The van der Waals surface area contributed by atoms with Gasteiger partial charge in [0.25, 0.3) is 5.91 Å².